The Morgan fingerprint density at radius 1 is 0.767 bits per heavy atom. The number of hydrazine groups is 1. The van der Waals surface area contributed by atoms with Gasteiger partial charge < -0.3 is 0 Å². The molecule has 6 rings (SSSR count). The van der Waals surface area contributed by atoms with E-state index in [-0.39, 0.29) is 23.8 Å². The fourth-order valence-electron chi connectivity index (χ4n) is 5.52. The Balaban J connectivity index is 1.48. The Morgan fingerprint density at radius 2 is 1.47 bits per heavy atom. The van der Waals surface area contributed by atoms with E-state index in [0.717, 1.165) is 35.8 Å². The number of aryl methyl sites for hydroxylation is 1. The van der Waals surface area contributed by atoms with Gasteiger partial charge >= 0.3 is 0 Å². The number of carbonyl (C=O) groups excluding carboxylic acids is 2. The van der Waals surface area contributed by atoms with Crippen LogP contribution in [0.5, 0.6) is 0 Å². The van der Waals surface area contributed by atoms with Crippen molar-refractivity contribution in [1.29, 1.82) is 0 Å². The third kappa shape index (κ3) is 2.36. The molecule has 3 fully saturated rings. The number of imide groups is 1. The number of nitrogens with zero attached hydrogens (tertiary/aromatic N) is 3. The van der Waals surface area contributed by atoms with Gasteiger partial charge in [0.25, 0.3) is 5.91 Å². The van der Waals surface area contributed by atoms with Crippen LogP contribution in [-0.2, 0) is 9.59 Å². The maximum Gasteiger partial charge on any atom is 0.253 e. The van der Waals surface area contributed by atoms with Gasteiger partial charge in [-0.15, -0.1) is 0 Å². The molecule has 0 saturated carbocycles. The van der Waals surface area contributed by atoms with Gasteiger partial charge in [-0.3, -0.25) is 9.59 Å². The van der Waals surface area contributed by atoms with Crippen LogP contribution >= 0.6 is 0 Å². The number of fused-ring (bicyclic) bond motifs is 4. The van der Waals surface area contributed by atoms with Crippen molar-refractivity contribution in [2.45, 2.75) is 25.4 Å². The van der Waals surface area contributed by atoms with E-state index in [1.165, 1.54) is 10.5 Å². The van der Waals surface area contributed by atoms with Gasteiger partial charge in [0.05, 0.1) is 17.6 Å². The summed E-state index contributed by atoms with van der Waals surface area (Å²) < 4.78 is 0. The van der Waals surface area contributed by atoms with Crippen LogP contribution in [0.3, 0.4) is 0 Å². The number of amides is 2. The van der Waals surface area contributed by atoms with Gasteiger partial charge in [0.15, 0.2) is 0 Å². The molecule has 3 atom stereocenters. The lowest BCUT2D eigenvalue weighted by atomic mass is 9.89. The molecule has 0 aromatic heterocycles. The predicted octanol–water partition coefficient (Wildman–Crippen LogP) is 3.68. The van der Waals surface area contributed by atoms with Crippen LogP contribution in [0, 0.1) is 12.8 Å². The monoisotopic (exact) mass is 397 g/mol. The first kappa shape index (κ1) is 17.8. The van der Waals surface area contributed by atoms with Crippen molar-refractivity contribution in [3.05, 3.63) is 77.9 Å². The summed E-state index contributed by atoms with van der Waals surface area (Å²) in [6, 6.07) is 21.7. The second-order valence-corrected chi connectivity index (χ2v) is 8.52. The first-order chi connectivity index (χ1) is 14.6. The molecule has 3 saturated heterocycles. The molecule has 2 amide bonds. The zero-order valence-electron chi connectivity index (χ0n) is 16.9. The van der Waals surface area contributed by atoms with Gasteiger partial charge in [0, 0.05) is 18.5 Å². The van der Waals surface area contributed by atoms with E-state index in [1.54, 1.807) is 0 Å². The Labute approximate surface area is 175 Å². The summed E-state index contributed by atoms with van der Waals surface area (Å²) >= 11 is 0. The van der Waals surface area contributed by atoms with Gasteiger partial charge in [-0.1, -0.05) is 66.2 Å². The van der Waals surface area contributed by atoms with Crippen LogP contribution in [0.25, 0.3) is 10.8 Å². The molecule has 3 aromatic carbocycles. The third-order valence-corrected chi connectivity index (χ3v) is 6.83. The SMILES string of the molecule is Cc1ccc(C2C3C(=O)N(c4cccc5ccccc45)C(=O)C3N3CCCN23)cc1. The van der Waals surface area contributed by atoms with Crippen molar-refractivity contribution in [3.63, 3.8) is 0 Å². The quantitative estimate of drug-likeness (QED) is 0.619. The van der Waals surface area contributed by atoms with E-state index in [2.05, 4.69) is 41.2 Å². The van der Waals surface area contributed by atoms with Crippen molar-refractivity contribution < 1.29 is 9.59 Å². The van der Waals surface area contributed by atoms with Gasteiger partial charge in [0.1, 0.15) is 6.04 Å². The number of hydrogen-bond donors (Lipinski definition) is 0. The Morgan fingerprint density at radius 3 is 2.27 bits per heavy atom. The minimum Gasteiger partial charge on any atom is -0.274 e. The van der Waals surface area contributed by atoms with Crippen molar-refractivity contribution in [2.75, 3.05) is 18.0 Å². The van der Waals surface area contributed by atoms with Crippen molar-refractivity contribution >= 4 is 28.3 Å². The molecule has 150 valence electrons. The highest BCUT2D eigenvalue weighted by molar-refractivity contribution is 6.26. The Hall–Kier alpha value is -3.02. The summed E-state index contributed by atoms with van der Waals surface area (Å²) in [5.41, 5.74) is 3.00. The van der Waals surface area contributed by atoms with Crippen LogP contribution < -0.4 is 4.90 Å². The molecule has 5 heteroatoms. The highest BCUT2D eigenvalue weighted by Crippen LogP contribution is 2.49. The number of anilines is 1. The summed E-state index contributed by atoms with van der Waals surface area (Å²) in [6.07, 6.45) is 1.02. The molecular formula is C25H23N3O2. The smallest absolute Gasteiger partial charge is 0.253 e. The molecule has 30 heavy (non-hydrogen) atoms. The molecule has 0 radical (unpaired) electrons. The zero-order valence-corrected chi connectivity index (χ0v) is 16.9. The fourth-order valence-corrected chi connectivity index (χ4v) is 5.52. The molecule has 3 aliphatic rings. The predicted molar refractivity (Wildman–Crippen MR) is 116 cm³/mol. The average molecular weight is 397 g/mol. The van der Waals surface area contributed by atoms with E-state index >= 15 is 0 Å². The minimum absolute atomic E-state index is 0.0821. The van der Waals surface area contributed by atoms with Crippen LogP contribution in [0.4, 0.5) is 5.69 Å². The van der Waals surface area contributed by atoms with Gasteiger partial charge in [-0.05, 0) is 30.4 Å². The number of rotatable bonds is 2. The molecule has 0 spiro atoms. The largest absolute Gasteiger partial charge is 0.274 e. The van der Waals surface area contributed by atoms with Crippen LogP contribution in [0.2, 0.25) is 0 Å². The highest BCUT2D eigenvalue weighted by Gasteiger charge is 2.62. The normalized spacial score (nSPS) is 26.6. The average Bonchev–Trinajstić information content (AvgIpc) is 3.41. The third-order valence-electron chi connectivity index (χ3n) is 6.83. The molecule has 3 aliphatic heterocycles. The van der Waals surface area contributed by atoms with Crippen LogP contribution in [-0.4, -0.2) is 41.0 Å². The maximum atomic E-state index is 13.8. The summed E-state index contributed by atoms with van der Waals surface area (Å²) in [6.45, 7) is 3.78. The zero-order chi connectivity index (χ0) is 20.4. The minimum atomic E-state index is -0.412. The molecule has 3 heterocycles. The first-order valence-electron chi connectivity index (χ1n) is 10.6. The molecule has 5 nitrogen and oxygen atoms in total. The molecule has 3 unspecified atom stereocenters. The molecule has 0 aliphatic carbocycles. The summed E-state index contributed by atoms with van der Waals surface area (Å²) in [7, 11) is 0. The summed E-state index contributed by atoms with van der Waals surface area (Å²) in [4.78, 5) is 28.9. The summed E-state index contributed by atoms with van der Waals surface area (Å²) in [5, 5.41) is 6.38. The van der Waals surface area contributed by atoms with Crippen LogP contribution in [0.15, 0.2) is 66.7 Å². The topological polar surface area (TPSA) is 43.9 Å². The molecular weight excluding hydrogens is 374 g/mol. The van der Waals surface area contributed by atoms with E-state index in [4.69, 9.17) is 0 Å². The lowest BCUT2D eigenvalue weighted by molar-refractivity contribution is -0.126. The number of hydrogen-bond acceptors (Lipinski definition) is 4. The molecule has 0 bridgehead atoms. The Kier molecular flexibility index (Phi) is 3.85. The number of carbonyl (C=O) groups is 2. The fraction of sp³-hybridized carbons (Fsp3) is 0.280. The van der Waals surface area contributed by atoms with E-state index in [0.29, 0.717) is 5.69 Å². The first-order valence-corrected chi connectivity index (χ1v) is 10.6. The van der Waals surface area contributed by atoms with Crippen molar-refractivity contribution in [3.8, 4) is 0 Å². The summed E-state index contributed by atoms with van der Waals surface area (Å²) in [5.74, 6) is -0.552. The number of benzene rings is 3. The highest BCUT2D eigenvalue weighted by atomic mass is 16.2. The van der Waals surface area contributed by atoms with E-state index < -0.39 is 6.04 Å². The lowest BCUT2D eigenvalue weighted by Gasteiger charge is -2.30. The van der Waals surface area contributed by atoms with Gasteiger partial charge in [0.2, 0.25) is 5.91 Å². The Bertz CT molecular complexity index is 1170. The van der Waals surface area contributed by atoms with E-state index in [1.807, 2.05) is 42.5 Å². The second kappa shape index (κ2) is 6.49. The second-order valence-electron chi connectivity index (χ2n) is 8.52. The molecule has 0 N–H and O–H groups in total. The van der Waals surface area contributed by atoms with Crippen LogP contribution in [0.1, 0.15) is 23.6 Å². The standard InChI is InChI=1S/C25H23N3O2/c1-16-10-12-18(13-11-16)22-21-23(27-15-5-14-26(22)27)25(30)28(24(21)29)20-9-4-7-17-6-2-3-8-19(17)20/h2-4,6-13,21-23H,5,14-15H2,1H3. The van der Waals surface area contributed by atoms with Gasteiger partial charge in [-0.2, -0.15) is 0 Å². The van der Waals surface area contributed by atoms with E-state index in [9.17, 15) is 9.59 Å². The van der Waals surface area contributed by atoms with Gasteiger partial charge in [-0.25, -0.2) is 14.9 Å². The molecule has 3 aromatic rings. The van der Waals surface area contributed by atoms with Crippen molar-refractivity contribution in [2.24, 2.45) is 5.92 Å². The lowest BCUT2D eigenvalue weighted by Crippen LogP contribution is -2.44. The van der Waals surface area contributed by atoms with Crippen molar-refractivity contribution in [1.82, 2.24) is 10.0 Å². The maximum absolute atomic E-state index is 13.8.